The van der Waals surface area contributed by atoms with E-state index in [4.69, 9.17) is 22.2 Å². The first-order valence-corrected chi connectivity index (χ1v) is 4.42. The highest BCUT2D eigenvalue weighted by Crippen LogP contribution is 2.28. The van der Waals surface area contributed by atoms with Crippen LogP contribution < -0.4 is 10.6 Å². The lowest BCUT2D eigenvalue weighted by molar-refractivity contribution is 0.322. The summed E-state index contributed by atoms with van der Waals surface area (Å²) in [6, 6.07) is 2.79. The summed E-state index contributed by atoms with van der Waals surface area (Å²) in [7, 11) is 0. The van der Waals surface area contributed by atoms with Crippen LogP contribution in [0, 0.1) is 5.82 Å². The topological polar surface area (TPSA) is 47.6 Å². The Morgan fingerprint density at radius 1 is 1.64 bits per heavy atom. The summed E-state index contributed by atoms with van der Waals surface area (Å²) in [6.07, 6.45) is 1.31. The second kappa shape index (κ2) is 4.81. The standard InChI is InChI=1S/C9H10ClFN2O/c1-2-14-9-7(10)3-6(5-13-12)4-8(9)11/h3-5H,2,12H2,1H3. The summed E-state index contributed by atoms with van der Waals surface area (Å²) in [4.78, 5) is 0. The van der Waals surface area contributed by atoms with Gasteiger partial charge in [-0.05, 0) is 24.6 Å². The number of ether oxygens (including phenoxy) is 1. The monoisotopic (exact) mass is 216 g/mol. The molecule has 0 aliphatic carbocycles. The molecule has 0 spiro atoms. The van der Waals surface area contributed by atoms with Gasteiger partial charge >= 0.3 is 0 Å². The number of benzene rings is 1. The van der Waals surface area contributed by atoms with E-state index in [2.05, 4.69) is 5.10 Å². The zero-order chi connectivity index (χ0) is 10.6. The number of rotatable bonds is 3. The minimum Gasteiger partial charge on any atom is -0.489 e. The first kappa shape index (κ1) is 10.8. The first-order valence-electron chi connectivity index (χ1n) is 4.04. The van der Waals surface area contributed by atoms with Crippen molar-refractivity contribution in [2.24, 2.45) is 10.9 Å². The van der Waals surface area contributed by atoms with Gasteiger partial charge in [0.25, 0.3) is 0 Å². The van der Waals surface area contributed by atoms with E-state index < -0.39 is 5.82 Å². The molecule has 3 nitrogen and oxygen atoms in total. The van der Waals surface area contributed by atoms with Crippen LogP contribution in [0.4, 0.5) is 4.39 Å². The quantitative estimate of drug-likeness (QED) is 0.478. The maximum absolute atomic E-state index is 13.3. The Kier molecular flexibility index (Phi) is 3.71. The molecule has 0 amide bonds. The molecule has 2 N–H and O–H groups in total. The molecule has 0 radical (unpaired) electrons. The van der Waals surface area contributed by atoms with Crippen LogP contribution in [0.3, 0.4) is 0 Å². The largest absolute Gasteiger partial charge is 0.489 e. The third kappa shape index (κ3) is 2.35. The predicted molar refractivity (Wildman–Crippen MR) is 54.4 cm³/mol. The Labute approximate surface area is 86.3 Å². The maximum atomic E-state index is 13.3. The molecule has 14 heavy (non-hydrogen) atoms. The van der Waals surface area contributed by atoms with Crippen molar-refractivity contribution >= 4 is 17.8 Å². The normalized spacial score (nSPS) is 10.8. The van der Waals surface area contributed by atoms with Gasteiger partial charge in [-0.15, -0.1) is 0 Å². The molecule has 0 atom stereocenters. The Hall–Kier alpha value is -1.29. The van der Waals surface area contributed by atoms with Crippen LogP contribution in [0.1, 0.15) is 12.5 Å². The van der Waals surface area contributed by atoms with Crippen molar-refractivity contribution < 1.29 is 9.13 Å². The molecule has 0 unspecified atom stereocenters. The molecule has 0 aliphatic heterocycles. The molecule has 0 fully saturated rings. The Bertz CT molecular complexity index is 332. The van der Waals surface area contributed by atoms with Gasteiger partial charge < -0.3 is 10.6 Å². The van der Waals surface area contributed by atoms with Gasteiger partial charge in [0.1, 0.15) is 0 Å². The van der Waals surface area contributed by atoms with Crippen molar-refractivity contribution in [3.05, 3.63) is 28.5 Å². The maximum Gasteiger partial charge on any atom is 0.173 e. The number of hydrogen-bond donors (Lipinski definition) is 1. The van der Waals surface area contributed by atoms with Crippen molar-refractivity contribution in [1.82, 2.24) is 0 Å². The van der Waals surface area contributed by atoms with Crippen molar-refractivity contribution in [2.75, 3.05) is 6.61 Å². The molecule has 0 aliphatic rings. The Morgan fingerprint density at radius 2 is 2.36 bits per heavy atom. The SMILES string of the molecule is CCOc1c(F)cc(C=NN)cc1Cl. The summed E-state index contributed by atoms with van der Waals surface area (Å²) in [5.74, 6) is 4.47. The summed E-state index contributed by atoms with van der Waals surface area (Å²) < 4.78 is 18.3. The third-order valence-corrected chi connectivity index (χ3v) is 1.81. The number of hydrogen-bond acceptors (Lipinski definition) is 3. The summed E-state index contributed by atoms with van der Waals surface area (Å²) in [5.41, 5.74) is 0.499. The fraction of sp³-hybridized carbons (Fsp3) is 0.222. The van der Waals surface area contributed by atoms with Crippen molar-refractivity contribution in [2.45, 2.75) is 6.92 Å². The summed E-state index contributed by atoms with van der Waals surface area (Å²) in [5, 5.41) is 3.48. The van der Waals surface area contributed by atoms with Gasteiger partial charge in [-0.3, -0.25) is 0 Å². The number of nitrogens with two attached hydrogens (primary N) is 1. The van der Waals surface area contributed by atoms with Gasteiger partial charge in [0.2, 0.25) is 0 Å². The zero-order valence-electron chi connectivity index (χ0n) is 7.63. The second-order valence-electron chi connectivity index (χ2n) is 2.52. The molecule has 0 bridgehead atoms. The van der Waals surface area contributed by atoms with Gasteiger partial charge in [0.15, 0.2) is 11.6 Å². The molecule has 0 saturated carbocycles. The molecular formula is C9H10ClFN2O. The van der Waals surface area contributed by atoms with E-state index in [0.29, 0.717) is 12.2 Å². The fourth-order valence-corrected chi connectivity index (χ4v) is 1.29. The Morgan fingerprint density at radius 3 is 2.86 bits per heavy atom. The molecule has 0 saturated heterocycles. The molecular weight excluding hydrogens is 207 g/mol. The molecule has 0 aromatic heterocycles. The van der Waals surface area contributed by atoms with Gasteiger partial charge in [-0.1, -0.05) is 11.6 Å². The van der Waals surface area contributed by atoms with E-state index >= 15 is 0 Å². The van der Waals surface area contributed by atoms with Crippen LogP contribution in [0.5, 0.6) is 5.75 Å². The molecule has 1 aromatic rings. The van der Waals surface area contributed by atoms with Crippen LogP contribution >= 0.6 is 11.6 Å². The lowest BCUT2D eigenvalue weighted by Crippen LogP contribution is -1.97. The molecule has 5 heteroatoms. The zero-order valence-corrected chi connectivity index (χ0v) is 8.38. The van der Waals surface area contributed by atoms with E-state index in [1.54, 1.807) is 6.92 Å². The predicted octanol–water partition coefficient (Wildman–Crippen LogP) is 2.17. The minimum atomic E-state index is -0.519. The first-order chi connectivity index (χ1) is 6.69. The molecule has 76 valence electrons. The van der Waals surface area contributed by atoms with Crippen LogP contribution in [0.25, 0.3) is 0 Å². The lowest BCUT2D eigenvalue weighted by atomic mass is 10.2. The number of hydrazone groups is 1. The molecule has 1 rings (SSSR count). The molecule has 1 aromatic carbocycles. The van der Waals surface area contributed by atoms with Gasteiger partial charge in [0.05, 0.1) is 17.8 Å². The summed E-state index contributed by atoms with van der Waals surface area (Å²) >= 11 is 5.78. The second-order valence-corrected chi connectivity index (χ2v) is 2.93. The fourth-order valence-electron chi connectivity index (χ4n) is 1.02. The van der Waals surface area contributed by atoms with Crippen molar-refractivity contribution in [3.63, 3.8) is 0 Å². The van der Waals surface area contributed by atoms with Crippen LogP contribution in [0.15, 0.2) is 17.2 Å². The van der Waals surface area contributed by atoms with Crippen LogP contribution in [-0.2, 0) is 0 Å². The van der Waals surface area contributed by atoms with E-state index in [1.807, 2.05) is 0 Å². The molecule has 0 heterocycles. The van der Waals surface area contributed by atoms with E-state index in [9.17, 15) is 4.39 Å². The lowest BCUT2D eigenvalue weighted by Gasteiger charge is -2.07. The average Bonchev–Trinajstić information content (AvgIpc) is 2.12. The highest BCUT2D eigenvalue weighted by Gasteiger charge is 2.09. The minimum absolute atomic E-state index is 0.0586. The van der Waals surface area contributed by atoms with Crippen LogP contribution in [0.2, 0.25) is 5.02 Å². The highest BCUT2D eigenvalue weighted by atomic mass is 35.5. The van der Waals surface area contributed by atoms with E-state index in [1.165, 1.54) is 18.3 Å². The van der Waals surface area contributed by atoms with Gasteiger partial charge in [-0.25, -0.2) is 4.39 Å². The van der Waals surface area contributed by atoms with E-state index in [0.717, 1.165) is 0 Å². The number of nitrogens with zero attached hydrogens (tertiary/aromatic N) is 1. The third-order valence-electron chi connectivity index (χ3n) is 1.53. The number of halogens is 2. The van der Waals surface area contributed by atoms with Gasteiger partial charge in [0, 0.05) is 0 Å². The average molecular weight is 217 g/mol. The van der Waals surface area contributed by atoms with Gasteiger partial charge in [-0.2, -0.15) is 5.10 Å². The van der Waals surface area contributed by atoms with Crippen molar-refractivity contribution in [1.29, 1.82) is 0 Å². The van der Waals surface area contributed by atoms with Crippen molar-refractivity contribution in [3.8, 4) is 5.75 Å². The van der Waals surface area contributed by atoms with E-state index in [-0.39, 0.29) is 10.8 Å². The van der Waals surface area contributed by atoms with Crippen LogP contribution in [-0.4, -0.2) is 12.8 Å². The highest BCUT2D eigenvalue weighted by molar-refractivity contribution is 6.32. The Balaban J connectivity index is 3.11. The summed E-state index contributed by atoms with van der Waals surface area (Å²) in [6.45, 7) is 2.12. The smallest absolute Gasteiger partial charge is 0.173 e.